The third-order valence-electron chi connectivity index (χ3n) is 3.48. The van der Waals surface area contributed by atoms with E-state index in [0.717, 1.165) is 11.3 Å². The molecule has 0 saturated carbocycles. The quantitative estimate of drug-likeness (QED) is 0.859. The zero-order chi connectivity index (χ0) is 15.9. The minimum atomic E-state index is -0.213. The van der Waals surface area contributed by atoms with Crippen LogP contribution in [-0.2, 0) is 0 Å². The summed E-state index contributed by atoms with van der Waals surface area (Å²) in [6.45, 7) is 2.39. The van der Waals surface area contributed by atoms with Gasteiger partial charge in [-0.15, -0.1) is 0 Å². The lowest BCUT2D eigenvalue weighted by molar-refractivity contribution is 0.223. The van der Waals surface area contributed by atoms with Gasteiger partial charge in [0.2, 0.25) is 0 Å². The van der Waals surface area contributed by atoms with Crippen LogP contribution < -0.4 is 10.6 Å². The lowest BCUT2D eigenvalue weighted by Crippen LogP contribution is -2.41. The largest absolute Gasteiger partial charge is 0.468 e. The Hall–Kier alpha value is -2.34. The highest BCUT2D eigenvalue weighted by Gasteiger charge is 2.18. The van der Waals surface area contributed by atoms with Crippen molar-refractivity contribution in [2.24, 2.45) is 0 Å². The Kier molecular flexibility index (Phi) is 5.55. The molecular formula is C16H22N4O2. The third-order valence-corrected chi connectivity index (χ3v) is 3.48. The first-order valence-electron chi connectivity index (χ1n) is 7.22. The highest BCUT2D eigenvalue weighted by atomic mass is 16.3. The molecule has 0 spiro atoms. The summed E-state index contributed by atoms with van der Waals surface area (Å²) in [4.78, 5) is 18.1. The Morgan fingerprint density at radius 1 is 1.36 bits per heavy atom. The summed E-state index contributed by atoms with van der Waals surface area (Å²) in [5.41, 5.74) is 0.966. The standard InChI is InChI=1S/C16H22N4O2/c1-12(13-6-4-8-17-10-13)19-16(21)18-11-14(20(2)3)15-7-5-9-22-15/h4-10,12,14H,11H2,1-3H3,(H2,18,19,21)/t12-,14-/m0/s1. The number of carbonyl (C=O) groups excluding carboxylic acids is 1. The van der Waals surface area contributed by atoms with Gasteiger partial charge in [-0.2, -0.15) is 0 Å². The molecule has 0 aromatic carbocycles. The average Bonchev–Trinajstić information content (AvgIpc) is 3.02. The Balaban J connectivity index is 1.86. The van der Waals surface area contributed by atoms with Gasteiger partial charge in [-0.3, -0.25) is 9.88 Å². The van der Waals surface area contributed by atoms with Crippen LogP contribution in [0.2, 0.25) is 0 Å². The summed E-state index contributed by atoms with van der Waals surface area (Å²) in [5.74, 6) is 0.825. The van der Waals surface area contributed by atoms with Gasteiger partial charge in [0.15, 0.2) is 0 Å². The fourth-order valence-electron chi connectivity index (χ4n) is 2.17. The van der Waals surface area contributed by atoms with Gasteiger partial charge in [0.05, 0.1) is 18.3 Å². The topological polar surface area (TPSA) is 70.4 Å². The van der Waals surface area contributed by atoms with E-state index in [2.05, 4.69) is 15.6 Å². The second-order valence-corrected chi connectivity index (χ2v) is 5.36. The van der Waals surface area contributed by atoms with Gasteiger partial charge in [-0.05, 0) is 44.8 Å². The zero-order valence-electron chi connectivity index (χ0n) is 13.1. The van der Waals surface area contributed by atoms with Gasteiger partial charge in [0.1, 0.15) is 5.76 Å². The van der Waals surface area contributed by atoms with E-state index in [1.807, 2.05) is 50.2 Å². The number of nitrogens with one attached hydrogen (secondary N) is 2. The summed E-state index contributed by atoms with van der Waals surface area (Å²) >= 11 is 0. The number of aromatic nitrogens is 1. The summed E-state index contributed by atoms with van der Waals surface area (Å²) < 4.78 is 5.42. The molecule has 2 atom stereocenters. The van der Waals surface area contributed by atoms with Gasteiger partial charge in [-0.1, -0.05) is 6.07 Å². The molecule has 6 nitrogen and oxygen atoms in total. The van der Waals surface area contributed by atoms with Crippen LogP contribution in [0, 0.1) is 0 Å². The van der Waals surface area contributed by atoms with Crippen molar-refractivity contribution in [2.75, 3.05) is 20.6 Å². The number of carbonyl (C=O) groups is 1. The van der Waals surface area contributed by atoms with Crippen molar-refractivity contribution in [3.05, 3.63) is 54.2 Å². The van der Waals surface area contributed by atoms with Crippen LogP contribution in [0.4, 0.5) is 4.79 Å². The van der Waals surface area contributed by atoms with Crippen LogP contribution in [0.25, 0.3) is 0 Å². The molecule has 0 bridgehead atoms. The number of rotatable bonds is 6. The lowest BCUT2D eigenvalue weighted by Gasteiger charge is -2.23. The fourth-order valence-corrected chi connectivity index (χ4v) is 2.17. The molecule has 2 aromatic rings. The van der Waals surface area contributed by atoms with Crippen molar-refractivity contribution in [3.63, 3.8) is 0 Å². The van der Waals surface area contributed by atoms with Gasteiger partial charge in [-0.25, -0.2) is 4.79 Å². The SMILES string of the molecule is C[C@H](NC(=O)NC[C@@H](c1ccco1)N(C)C)c1cccnc1. The first kappa shape index (κ1) is 16.0. The summed E-state index contributed by atoms with van der Waals surface area (Å²) in [5, 5.41) is 5.78. The predicted molar refractivity (Wildman–Crippen MR) is 84.3 cm³/mol. The number of pyridine rings is 1. The molecule has 0 radical (unpaired) electrons. The Labute approximate surface area is 130 Å². The fraction of sp³-hybridized carbons (Fsp3) is 0.375. The molecule has 0 aliphatic heterocycles. The van der Waals surface area contributed by atoms with Crippen molar-refractivity contribution < 1.29 is 9.21 Å². The summed E-state index contributed by atoms with van der Waals surface area (Å²) in [6, 6.07) is 7.21. The van der Waals surface area contributed by atoms with Crippen molar-refractivity contribution in [3.8, 4) is 0 Å². The van der Waals surface area contributed by atoms with Crippen LogP contribution in [0.15, 0.2) is 47.3 Å². The van der Waals surface area contributed by atoms with Gasteiger partial charge >= 0.3 is 6.03 Å². The summed E-state index contributed by atoms with van der Waals surface area (Å²) in [7, 11) is 3.90. The molecule has 0 aliphatic rings. The lowest BCUT2D eigenvalue weighted by atomic mass is 10.1. The normalized spacial score (nSPS) is 13.6. The molecule has 2 aromatic heterocycles. The van der Waals surface area contributed by atoms with Gasteiger partial charge in [0, 0.05) is 18.9 Å². The minimum absolute atomic E-state index is 0.00514. The Morgan fingerprint density at radius 2 is 2.18 bits per heavy atom. The van der Waals surface area contributed by atoms with Crippen LogP contribution in [0.1, 0.15) is 30.3 Å². The van der Waals surface area contributed by atoms with Crippen molar-refractivity contribution in [2.45, 2.75) is 19.0 Å². The van der Waals surface area contributed by atoms with Gasteiger partial charge < -0.3 is 15.1 Å². The second kappa shape index (κ2) is 7.61. The van der Waals surface area contributed by atoms with Crippen LogP contribution in [0.5, 0.6) is 0 Å². The highest BCUT2D eigenvalue weighted by Crippen LogP contribution is 2.17. The first-order chi connectivity index (χ1) is 10.6. The number of furan rings is 1. The van der Waals surface area contributed by atoms with Crippen molar-refractivity contribution in [1.29, 1.82) is 0 Å². The minimum Gasteiger partial charge on any atom is -0.468 e. The smallest absolute Gasteiger partial charge is 0.315 e. The van der Waals surface area contributed by atoms with E-state index in [0.29, 0.717) is 6.54 Å². The van der Waals surface area contributed by atoms with E-state index >= 15 is 0 Å². The number of urea groups is 1. The van der Waals surface area contributed by atoms with E-state index in [-0.39, 0.29) is 18.1 Å². The molecule has 0 aliphatic carbocycles. The van der Waals surface area contributed by atoms with Crippen molar-refractivity contribution >= 4 is 6.03 Å². The molecule has 6 heteroatoms. The zero-order valence-corrected chi connectivity index (χ0v) is 13.1. The molecule has 2 heterocycles. The molecule has 22 heavy (non-hydrogen) atoms. The van der Waals surface area contributed by atoms with E-state index in [1.54, 1.807) is 18.7 Å². The average molecular weight is 302 g/mol. The van der Waals surface area contributed by atoms with Crippen molar-refractivity contribution in [1.82, 2.24) is 20.5 Å². The molecule has 0 saturated heterocycles. The number of amides is 2. The first-order valence-corrected chi connectivity index (χ1v) is 7.22. The Morgan fingerprint density at radius 3 is 2.77 bits per heavy atom. The molecule has 0 fully saturated rings. The number of hydrogen-bond acceptors (Lipinski definition) is 4. The number of nitrogens with zero attached hydrogens (tertiary/aromatic N) is 2. The maximum atomic E-state index is 12.0. The molecule has 2 N–H and O–H groups in total. The Bertz CT molecular complexity index is 569. The monoisotopic (exact) mass is 302 g/mol. The van der Waals surface area contributed by atoms with E-state index in [1.165, 1.54) is 0 Å². The van der Waals surface area contributed by atoms with Gasteiger partial charge in [0.25, 0.3) is 0 Å². The van der Waals surface area contributed by atoms with Crippen LogP contribution in [-0.4, -0.2) is 36.6 Å². The number of likely N-dealkylation sites (N-methyl/N-ethyl adjacent to an activating group) is 1. The number of hydrogen-bond donors (Lipinski definition) is 2. The maximum absolute atomic E-state index is 12.0. The highest BCUT2D eigenvalue weighted by molar-refractivity contribution is 5.74. The van der Waals surface area contributed by atoms with Crippen LogP contribution >= 0.6 is 0 Å². The van der Waals surface area contributed by atoms with E-state index in [4.69, 9.17) is 4.42 Å². The third kappa shape index (κ3) is 4.33. The molecule has 118 valence electrons. The molecular weight excluding hydrogens is 280 g/mol. The summed E-state index contributed by atoms with van der Waals surface area (Å²) in [6.07, 6.45) is 5.09. The molecule has 2 rings (SSSR count). The predicted octanol–water partition coefficient (Wildman–Crippen LogP) is 2.34. The van der Waals surface area contributed by atoms with E-state index < -0.39 is 0 Å². The second-order valence-electron chi connectivity index (χ2n) is 5.36. The molecule has 0 unspecified atom stereocenters. The maximum Gasteiger partial charge on any atom is 0.315 e. The van der Waals surface area contributed by atoms with Crippen LogP contribution in [0.3, 0.4) is 0 Å². The molecule has 2 amide bonds. The van der Waals surface area contributed by atoms with E-state index in [9.17, 15) is 4.79 Å².